The van der Waals surface area contributed by atoms with E-state index in [0.29, 0.717) is 60.5 Å². The second kappa shape index (κ2) is 8.33. The molecule has 8 heteroatoms. The summed E-state index contributed by atoms with van der Waals surface area (Å²) in [6.45, 7) is 3.07. The van der Waals surface area contributed by atoms with Gasteiger partial charge in [-0.15, -0.1) is 0 Å². The number of nitrogens with two attached hydrogens (primary N) is 1. The summed E-state index contributed by atoms with van der Waals surface area (Å²) in [6.07, 6.45) is 2.69. The number of esters is 1. The van der Waals surface area contributed by atoms with E-state index in [-0.39, 0.29) is 23.5 Å². The molecule has 2 heterocycles. The quantitative estimate of drug-likeness (QED) is 0.620. The molecule has 0 unspecified atom stereocenters. The number of anilines is 1. The number of nitrogens with zero attached hydrogens (tertiary/aromatic N) is 2. The molecule has 1 saturated heterocycles. The summed E-state index contributed by atoms with van der Waals surface area (Å²) in [5.41, 5.74) is 6.88. The van der Waals surface area contributed by atoms with Gasteiger partial charge in [0.25, 0.3) is 5.91 Å². The maximum absolute atomic E-state index is 13.2. The highest BCUT2D eigenvalue weighted by atomic mass is 16.5. The van der Waals surface area contributed by atoms with Gasteiger partial charge < -0.3 is 24.8 Å². The number of benzene rings is 1. The van der Waals surface area contributed by atoms with Crippen molar-refractivity contribution in [1.29, 1.82) is 0 Å². The Labute approximate surface area is 163 Å². The minimum Gasteiger partial charge on any atom is -0.493 e. The number of nitrogen functional groups attached to an aromatic ring is 1. The number of carbonyl (C=O) groups is 2. The van der Waals surface area contributed by atoms with E-state index in [1.165, 1.54) is 14.2 Å². The van der Waals surface area contributed by atoms with Gasteiger partial charge in [-0.2, -0.15) is 0 Å². The van der Waals surface area contributed by atoms with Crippen LogP contribution in [-0.2, 0) is 9.53 Å². The highest BCUT2D eigenvalue weighted by Gasteiger charge is 2.30. The summed E-state index contributed by atoms with van der Waals surface area (Å²) in [7, 11) is 3.03. The van der Waals surface area contributed by atoms with E-state index in [9.17, 15) is 9.59 Å². The number of hydrogen-bond donors (Lipinski definition) is 1. The molecule has 0 spiro atoms. The number of aromatic nitrogens is 1. The summed E-state index contributed by atoms with van der Waals surface area (Å²) in [5, 5.41) is 1.21. The minimum absolute atomic E-state index is 0.172. The van der Waals surface area contributed by atoms with E-state index >= 15 is 0 Å². The highest BCUT2D eigenvalue weighted by molar-refractivity contribution is 6.11. The lowest BCUT2D eigenvalue weighted by Gasteiger charge is -2.31. The Morgan fingerprint density at radius 1 is 1.25 bits per heavy atom. The number of hydrogen-bond acceptors (Lipinski definition) is 7. The summed E-state index contributed by atoms with van der Waals surface area (Å²) >= 11 is 0. The molecule has 0 atom stereocenters. The van der Waals surface area contributed by atoms with E-state index in [1.807, 2.05) is 0 Å². The van der Waals surface area contributed by atoms with Crippen LogP contribution in [0.25, 0.3) is 10.8 Å². The number of rotatable bonds is 5. The van der Waals surface area contributed by atoms with Crippen LogP contribution < -0.4 is 15.2 Å². The van der Waals surface area contributed by atoms with Crippen molar-refractivity contribution >= 4 is 28.3 Å². The normalized spacial score (nSPS) is 14.8. The summed E-state index contributed by atoms with van der Waals surface area (Å²) in [5.74, 6) is 0.269. The maximum atomic E-state index is 13.2. The van der Waals surface area contributed by atoms with Crippen LogP contribution in [0.5, 0.6) is 11.5 Å². The fourth-order valence-corrected chi connectivity index (χ4v) is 3.58. The van der Waals surface area contributed by atoms with Crippen LogP contribution in [0.2, 0.25) is 0 Å². The van der Waals surface area contributed by atoms with Crippen molar-refractivity contribution in [1.82, 2.24) is 9.88 Å². The van der Waals surface area contributed by atoms with Gasteiger partial charge in [0.2, 0.25) is 0 Å². The molecule has 150 valence electrons. The number of likely N-dealkylation sites (tertiary alicyclic amines) is 1. The molecule has 8 nitrogen and oxygen atoms in total. The van der Waals surface area contributed by atoms with Gasteiger partial charge in [0.15, 0.2) is 11.5 Å². The van der Waals surface area contributed by atoms with E-state index in [0.717, 1.165) is 0 Å². The molecule has 0 aliphatic carbocycles. The van der Waals surface area contributed by atoms with Gasteiger partial charge in [-0.25, -0.2) is 0 Å². The SMILES string of the molecule is CCOC(=O)C1CCN(C(=O)c2nccc3c(N)cc(OC)c(OC)c23)CC1. The summed E-state index contributed by atoms with van der Waals surface area (Å²) in [4.78, 5) is 31.2. The fourth-order valence-electron chi connectivity index (χ4n) is 3.58. The third kappa shape index (κ3) is 3.54. The molecular formula is C20H25N3O5. The van der Waals surface area contributed by atoms with Crippen molar-refractivity contribution in [2.24, 2.45) is 5.92 Å². The summed E-state index contributed by atoms with van der Waals surface area (Å²) in [6, 6.07) is 3.41. The lowest BCUT2D eigenvalue weighted by Crippen LogP contribution is -2.41. The first-order chi connectivity index (χ1) is 13.5. The number of pyridine rings is 1. The molecule has 2 N–H and O–H groups in total. The Morgan fingerprint density at radius 3 is 2.57 bits per heavy atom. The second-order valence-corrected chi connectivity index (χ2v) is 6.60. The highest BCUT2D eigenvalue weighted by Crippen LogP contribution is 2.40. The average molecular weight is 387 g/mol. The standard InChI is InChI=1S/C20H25N3O5/c1-4-28-20(25)12-6-9-23(10-7-12)19(24)17-16-13(5-8-22-17)14(21)11-15(26-2)18(16)27-3/h5,8,11-12H,4,6-7,9-10,21H2,1-3H3. The first-order valence-corrected chi connectivity index (χ1v) is 9.26. The van der Waals surface area contributed by atoms with Crippen molar-refractivity contribution in [3.8, 4) is 11.5 Å². The topological polar surface area (TPSA) is 104 Å². The van der Waals surface area contributed by atoms with Crippen molar-refractivity contribution in [3.63, 3.8) is 0 Å². The number of amides is 1. The molecule has 2 aromatic rings. The third-order valence-electron chi connectivity index (χ3n) is 5.03. The Kier molecular flexibility index (Phi) is 5.87. The number of piperidine rings is 1. The van der Waals surface area contributed by atoms with Crippen molar-refractivity contribution in [3.05, 3.63) is 24.0 Å². The molecule has 0 bridgehead atoms. The van der Waals surface area contributed by atoms with E-state index in [4.69, 9.17) is 19.9 Å². The van der Waals surface area contributed by atoms with E-state index in [1.54, 1.807) is 30.2 Å². The van der Waals surface area contributed by atoms with Crippen LogP contribution in [0, 0.1) is 5.92 Å². The van der Waals surface area contributed by atoms with Gasteiger partial charge in [0, 0.05) is 36.4 Å². The maximum Gasteiger partial charge on any atom is 0.309 e. The van der Waals surface area contributed by atoms with Crippen molar-refractivity contribution in [2.75, 3.05) is 39.6 Å². The van der Waals surface area contributed by atoms with Crippen molar-refractivity contribution in [2.45, 2.75) is 19.8 Å². The predicted molar refractivity (Wildman–Crippen MR) is 105 cm³/mol. The Bertz CT molecular complexity index is 891. The van der Waals surface area contributed by atoms with Gasteiger partial charge in [-0.3, -0.25) is 14.6 Å². The molecule has 0 radical (unpaired) electrons. The first kappa shape index (κ1) is 19.7. The van der Waals surface area contributed by atoms with Gasteiger partial charge in [0.1, 0.15) is 5.69 Å². The van der Waals surface area contributed by atoms with Gasteiger partial charge in [0.05, 0.1) is 32.1 Å². The Hall–Kier alpha value is -3.03. The number of methoxy groups -OCH3 is 2. The molecule has 1 amide bonds. The summed E-state index contributed by atoms with van der Waals surface area (Å²) < 4.78 is 16.0. The molecule has 28 heavy (non-hydrogen) atoms. The van der Waals surface area contributed by atoms with E-state index in [2.05, 4.69) is 4.98 Å². The molecule has 1 aromatic heterocycles. The Balaban J connectivity index is 1.93. The van der Waals surface area contributed by atoms with Gasteiger partial charge in [-0.1, -0.05) is 0 Å². The zero-order valence-electron chi connectivity index (χ0n) is 16.4. The molecule has 1 aromatic carbocycles. The predicted octanol–water partition coefficient (Wildman–Crippen LogP) is 2.25. The Morgan fingerprint density at radius 2 is 1.96 bits per heavy atom. The number of carbonyl (C=O) groups excluding carboxylic acids is 2. The molecule has 1 aliphatic heterocycles. The van der Waals surface area contributed by atoms with Crippen LogP contribution in [0.1, 0.15) is 30.3 Å². The first-order valence-electron chi connectivity index (χ1n) is 9.26. The van der Waals surface area contributed by atoms with Crippen molar-refractivity contribution < 1.29 is 23.8 Å². The van der Waals surface area contributed by atoms with Crippen LogP contribution in [0.3, 0.4) is 0 Å². The minimum atomic E-state index is -0.223. The zero-order valence-corrected chi connectivity index (χ0v) is 16.4. The lowest BCUT2D eigenvalue weighted by atomic mass is 9.96. The third-order valence-corrected chi connectivity index (χ3v) is 5.03. The zero-order chi connectivity index (χ0) is 20.3. The van der Waals surface area contributed by atoms with Gasteiger partial charge >= 0.3 is 5.97 Å². The molecule has 1 aliphatic rings. The smallest absolute Gasteiger partial charge is 0.309 e. The second-order valence-electron chi connectivity index (χ2n) is 6.60. The lowest BCUT2D eigenvalue weighted by molar-refractivity contribution is -0.149. The van der Waals surface area contributed by atoms with Crippen LogP contribution in [0.4, 0.5) is 5.69 Å². The number of fused-ring (bicyclic) bond motifs is 1. The molecular weight excluding hydrogens is 362 g/mol. The van der Waals surface area contributed by atoms with Gasteiger partial charge in [-0.05, 0) is 25.8 Å². The molecule has 0 saturated carbocycles. The van der Waals surface area contributed by atoms with Crippen LogP contribution >= 0.6 is 0 Å². The van der Waals surface area contributed by atoms with Crippen LogP contribution in [0.15, 0.2) is 18.3 Å². The van der Waals surface area contributed by atoms with Crippen LogP contribution in [-0.4, -0.2) is 55.7 Å². The average Bonchev–Trinajstić information content (AvgIpc) is 2.73. The number of ether oxygens (including phenoxy) is 3. The monoisotopic (exact) mass is 387 g/mol. The molecule has 1 fully saturated rings. The largest absolute Gasteiger partial charge is 0.493 e. The molecule has 3 rings (SSSR count). The van der Waals surface area contributed by atoms with E-state index < -0.39 is 0 Å². The fraction of sp³-hybridized carbons (Fsp3) is 0.450.